The molecule has 2 aliphatic rings. The molecular weight excluding hydrogens is 253 g/mol. The molecule has 0 aromatic heterocycles. The number of rotatable bonds is 5. The number of hydrogen-bond acceptors (Lipinski definition) is 1. The SMILES string of the molecule is C=C(CCc1cccc2c1B(C)CC2)NC1CCCCC1. The van der Waals surface area contributed by atoms with Crippen LogP contribution in [0, 0.1) is 0 Å². The average Bonchev–Trinajstić information content (AvgIpc) is 2.88. The molecule has 21 heavy (non-hydrogen) atoms. The molecule has 1 N–H and O–H groups in total. The lowest BCUT2D eigenvalue weighted by atomic mass is 9.47. The van der Waals surface area contributed by atoms with E-state index in [4.69, 9.17) is 0 Å². The summed E-state index contributed by atoms with van der Waals surface area (Å²) in [5.74, 6) is 0. The number of allylic oxidation sites excluding steroid dienone is 1. The van der Waals surface area contributed by atoms with E-state index in [0.29, 0.717) is 6.04 Å². The normalized spacial score (nSPS) is 18.6. The molecule has 0 amide bonds. The lowest BCUT2D eigenvalue weighted by Gasteiger charge is -2.25. The van der Waals surface area contributed by atoms with Crippen molar-refractivity contribution in [2.75, 3.05) is 0 Å². The second-order valence-electron chi connectivity index (χ2n) is 7.01. The van der Waals surface area contributed by atoms with Crippen LogP contribution in [0.4, 0.5) is 0 Å². The van der Waals surface area contributed by atoms with Crippen LogP contribution < -0.4 is 10.8 Å². The van der Waals surface area contributed by atoms with Gasteiger partial charge < -0.3 is 5.32 Å². The smallest absolute Gasteiger partial charge is 0.173 e. The van der Waals surface area contributed by atoms with Crippen LogP contribution in [-0.2, 0) is 12.8 Å². The molecule has 3 rings (SSSR count). The Labute approximate surface area is 130 Å². The van der Waals surface area contributed by atoms with Gasteiger partial charge in [0.15, 0.2) is 6.71 Å². The van der Waals surface area contributed by atoms with E-state index in [2.05, 4.69) is 36.9 Å². The predicted molar refractivity (Wildman–Crippen MR) is 93.7 cm³/mol. The first-order valence-electron chi connectivity index (χ1n) is 8.79. The van der Waals surface area contributed by atoms with E-state index >= 15 is 0 Å². The van der Waals surface area contributed by atoms with Crippen molar-refractivity contribution < 1.29 is 0 Å². The standard InChI is InChI=1S/C19H28BN/c1-15(21-18-9-4-3-5-10-18)11-12-16-7-6-8-17-13-14-20(2)19(16)17/h6-8,18,21H,1,3-5,9-14H2,2H3. The zero-order chi connectivity index (χ0) is 14.7. The summed E-state index contributed by atoms with van der Waals surface area (Å²) in [5, 5.41) is 3.67. The summed E-state index contributed by atoms with van der Waals surface area (Å²) < 4.78 is 0. The molecule has 112 valence electrons. The molecule has 0 atom stereocenters. The maximum atomic E-state index is 4.27. The molecule has 0 saturated heterocycles. The molecule has 1 saturated carbocycles. The molecule has 1 aromatic carbocycles. The van der Waals surface area contributed by atoms with E-state index in [9.17, 15) is 0 Å². The van der Waals surface area contributed by atoms with E-state index in [0.717, 1.165) is 19.6 Å². The molecule has 1 aliphatic carbocycles. The first kappa shape index (κ1) is 14.7. The van der Waals surface area contributed by atoms with Crippen LogP contribution in [0.25, 0.3) is 0 Å². The molecule has 1 aliphatic heterocycles. The zero-order valence-corrected chi connectivity index (χ0v) is 13.5. The largest absolute Gasteiger partial charge is 0.386 e. The van der Waals surface area contributed by atoms with Crippen LogP contribution in [0.15, 0.2) is 30.5 Å². The summed E-state index contributed by atoms with van der Waals surface area (Å²) in [4.78, 5) is 0. The second-order valence-corrected chi connectivity index (χ2v) is 7.01. The summed E-state index contributed by atoms with van der Waals surface area (Å²) in [6, 6.07) is 7.57. The van der Waals surface area contributed by atoms with Gasteiger partial charge in [-0.1, -0.05) is 73.8 Å². The Kier molecular flexibility index (Phi) is 4.72. The van der Waals surface area contributed by atoms with Gasteiger partial charge in [0, 0.05) is 11.7 Å². The Hall–Kier alpha value is -1.18. The maximum absolute atomic E-state index is 4.27. The highest BCUT2D eigenvalue weighted by atomic mass is 14.9. The van der Waals surface area contributed by atoms with Crippen LogP contribution in [0.5, 0.6) is 0 Å². The van der Waals surface area contributed by atoms with Crippen LogP contribution in [-0.4, -0.2) is 12.8 Å². The molecule has 1 aromatic rings. The third-order valence-electron chi connectivity index (χ3n) is 5.34. The van der Waals surface area contributed by atoms with Crippen LogP contribution in [0.2, 0.25) is 13.1 Å². The average molecular weight is 281 g/mol. The minimum absolute atomic E-state index is 0.687. The second kappa shape index (κ2) is 6.72. The van der Waals surface area contributed by atoms with Gasteiger partial charge in [-0.2, -0.15) is 0 Å². The lowest BCUT2D eigenvalue weighted by molar-refractivity contribution is 0.393. The molecule has 0 bridgehead atoms. The molecule has 0 radical (unpaired) electrons. The summed E-state index contributed by atoms with van der Waals surface area (Å²) in [7, 11) is 0. The van der Waals surface area contributed by atoms with Gasteiger partial charge in [-0.25, -0.2) is 0 Å². The highest BCUT2D eigenvalue weighted by Gasteiger charge is 2.23. The van der Waals surface area contributed by atoms with Crippen LogP contribution in [0.3, 0.4) is 0 Å². The van der Waals surface area contributed by atoms with E-state index in [-0.39, 0.29) is 0 Å². The summed E-state index contributed by atoms with van der Waals surface area (Å²) in [6.07, 6.45) is 11.7. The zero-order valence-electron chi connectivity index (χ0n) is 13.5. The van der Waals surface area contributed by atoms with Gasteiger partial charge in [0.05, 0.1) is 0 Å². The highest BCUT2D eigenvalue weighted by molar-refractivity contribution is 6.74. The molecule has 1 heterocycles. The van der Waals surface area contributed by atoms with Crippen molar-refractivity contribution in [1.82, 2.24) is 5.32 Å². The minimum Gasteiger partial charge on any atom is -0.386 e. The third kappa shape index (κ3) is 3.54. The number of fused-ring (bicyclic) bond motifs is 1. The third-order valence-corrected chi connectivity index (χ3v) is 5.34. The van der Waals surface area contributed by atoms with Gasteiger partial charge in [-0.15, -0.1) is 0 Å². The molecular formula is C19H28BN. The molecule has 0 unspecified atom stereocenters. The van der Waals surface area contributed by atoms with Crippen LogP contribution in [0.1, 0.15) is 49.7 Å². The van der Waals surface area contributed by atoms with Gasteiger partial charge in [-0.05, 0) is 32.1 Å². The van der Waals surface area contributed by atoms with Crippen molar-refractivity contribution in [1.29, 1.82) is 0 Å². The molecule has 2 heteroatoms. The first-order chi connectivity index (χ1) is 10.2. The predicted octanol–water partition coefficient (Wildman–Crippen LogP) is 3.94. The molecule has 1 nitrogen and oxygen atoms in total. The monoisotopic (exact) mass is 281 g/mol. The number of benzene rings is 1. The Morgan fingerprint density at radius 1 is 1.29 bits per heavy atom. The Morgan fingerprint density at radius 3 is 2.90 bits per heavy atom. The first-order valence-corrected chi connectivity index (χ1v) is 8.79. The molecule has 1 fully saturated rings. The topological polar surface area (TPSA) is 12.0 Å². The van der Waals surface area contributed by atoms with Gasteiger partial charge in [0.25, 0.3) is 0 Å². The fourth-order valence-corrected chi connectivity index (χ4v) is 4.14. The van der Waals surface area contributed by atoms with Crippen molar-refractivity contribution in [2.45, 2.75) is 70.6 Å². The van der Waals surface area contributed by atoms with Crippen LogP contribution >= 0.6 is 0 Å². The summed E-state index contributed by atoms with van der Waals surface area (Å²) in [5.41, 5.74) is 6.03. The summed E-state index contributed by atoms with van der Waals surface area (Å²) in [6.45, 7) is 7.39. The number of aryl methyl sites for hydroxylation is 2. The van der Waals surface area contributed by atoms with Gasteiger partial charge in [-0.3, -0.25) is 0 Å². The Balaban J connectivity index is 1.55. The van der Waals surface area contributed by atoms with Crippen molar-refractivity contribution in [2.24, 2.45) is 0 Å². The highest BCUT2D eigenvalue weighted by Crippen LogP contribution is 2.20. The van der Waals surface area contributed by atoms with E-state index in [1.54, 1.807) is 16.6 Å². The van der Waals surface area contributed by atoms with Gasteiger partial charge >= 0.3 is 0 Å². The Morgan fingerprint density at radius 2 is 2.10 bits per heavy atom. The maximum Gasteiger partial charge on any atom is 0.173 e. The quantitative estimate of drug-likeness (QED) is 0.806. The number of hydrogen-bond donors (Lipinski definition) is 1. The summed E-state index contributed by atoms with van der Waals surface area (Å²) >= 11 is 0. The van der Waals surface area contributed by atoms with Gasteiger partial charge in [0.1, 0.15) is 0 Å². The minimum atomic E-state index is 0.687. The fraction of sp³-hybridized carbons (Fsp3) is 0.579. The van der Waals surface area contributed by atoms with E-state index < -0.39 is 0 Å². The van der Waals surface area contributed by atoms with E-state index in [1.165, 1.54) is 50.5 Å². The van der Waals surface area contributed by atoms with Crippen molar-refractivity contribution >= 4 is 12.2 Å². The van der Waals surface area contributed by atoms with Crippen molar-refractivity contribution in [3.63, 3.8) is 0 Å². The van der Waals surface area contributed by atoms with Gasteiger partial charge in [0.2, 0.25) is 0 Å². The van der Waals surface area contributed by atoms with Crippen molar-refractivity contribution in [3.05, 3.63) is 41.6 Å². The Bertz CT molecular complexity index is 502. The fourth-order valence-electron chi connectivity index (χ4n) is 4.14. The molecule has 0 spiro atoms. The van der Waals surface area contributed by atoms with Crippen molar-refractivity contribution in [3.8, 4) is 0 Å². The van der Waals surface area contributed by atoms with E-state index in [1.807, 2.05) is 0 Å². The lowest BCUT2D eigenvalue weighted by Crippen LogP contribution is -2.31. The number of nitrogens with one attached hydrogen (secondary N) is 1.